The minimum atomic E-state index is -4.58. The molecule has 0 saturated carbocycles. The minimum Gasteiger partial charge on any atom is -0.333 e. The van der Waals surface area contributed by atoms with Gasteiger partial charge in [0.1, 0.15) is 5.69 Å². The fourth-order valence-electron chi connectivity index (χ4n) is 2.85. The monoisotopic (exact) mass is 416 g/mol. The van der Waals surface area contributed by atoms with Crippen LogP contribution in [0.25, 0.3) is 0 Å². The summed E-state index contributed by atoms with van der Waals surface area (Å²) in [6.45, 7) is 7.26. The topological polar surface area (TPSA) is 52.2 Å². The first-order valence-corrected chi connectivity index (χ1v) is 9.51. The highest BCUT2D eigenvalue weighted by Gasteiger charge is 2.34. The first-order valence-electron chi connectivity index (χ1n) is 9.13. The van der Waals surface area contributed by atoms with Gasteiger partial charge in [-0.1, -0.05) is 43.6 Å². The van der Waals surface area contributed by atoms with Crippen LogP contribution in [0.4, 0.5) is 13.2 Å². The molecule has 0 aliphatic heterocycles. The van der Waals surface area contributed by atoms with Gasteiger partial charge in [0.2, 0.25) is 0 Å². The molecule has 9 heteroatoms. The van der Waals surface area contributed by atoms with Crippen LogP contribution in [0.5, 0.6) is 0 Å². The van der Waals surface area contributed by atoms with Crippen LogP contribution in [0.1, 0.15) is 42.0 Å². The van der Waals surface area contributed by atoms with Crippen LogP contribution < -0.4 is 0 Å². The van der Waals surface area contributed by atoms with E-state index < -0.39 is 17.8 Å². The maximum absolute atomic E-state index is 12.8. The van der Waals surface area contributed by atoms with Crippen LogP contribution in [0.2, 0.25) is 5.02 Å². The molecule has 5 nitrogen and oxygen atoms in total. The number of aromatic nitrogens is 2. The van der Waals surface area contributed by atoms with E-state index in [1.807, 2.05) is 5.10 Å². The van der Waals surface area contributed by atoms with Crippen molar-refractivity contribution in [2.45, 2.75) is 33.0 Å². The van der Waals surface area contributed by atoms with Crippen LogP contribution in [0.15, 0.2) is 30.3 Å². The fraction of sp³-hybridized carbons (Fsp3) is 0.474. The SMILES string of the molecule is CCN(CC)CCCN(Cc1ccccc1Cl)C(=O)c1cc(C(F)(F)F)[nH]n1. The highest BCUT2D eigenvalue weighted by atomic mass is 35.5. The summed E-state index contributed by atoms with van der Waals surface area (Å²) >= 11 is 6.20. The third-order valence-corrected chi connectivity index (χ3v) is 4.87. The zero-order chi connectivity index (χ0) is 20.7. The Balaban J connectivity index is 2.17. The molecule has 1 amide bonds. The molecule has 0 aliphatic carbocycles. The molecule has 1 N–H and O–H groups in total. The van der Waals surface area contributed by atoms with Crippen LogP contribution in [0, 0.1) is 0 Å². The van der Waals surface area contributed by atoms with Crippen molar-refractivity contribution in [2.24, 2.45) is 0 Å². The van der Waals surface area contributed by atoms with Crippen molar-refractivity contribution in [1.29, 1.82) is 0 Å². The molecule has 0 fully saturated rings. The van der Waals surface area contributed by atoms with Crippen molar-refractivity contribution < 1.29 is 18.0 Å². The van der Waals surface area contributed by atoms with Gasteiger partial charge in [-0.25, -0.2) is 0 Å². The van der Waals surface area contributed by atoms with Crippen molar-refractivity contribution >= 4 is 17.5 Å². The lowest BCUT2D eigenvalue weighted by atomic mass is 10.2. The number of hydrogen-bond acceptors (Lipinski definition) is 3. The van der Waals surface area contributed by atoms with Gasteiger partial charge in [-0.2, -0.15) is 18.3 Å². The number of H-pyrrole nitrogens is 1. The summed E-state index contributed by atoms with van der Waals surface area (Å²) in [7, 11) is 0. The summed E-state index contributed by atoms with van der Waals surface area (Å²) in [5.74, 6) is -0.564. The molecule has 2 rings (SSSR count). The largest absolute Gasteiger partial charge is 0.432 e. The number of carbonyl (C=O) groups is 1. The van der Waals surface area contributed by atoms with Crippen molar-refractivity contribution in [3.05, 3.63) is 52.3 Å². The lowest BCUT2D eigenvalue weighted by molar-refractivity contribution is -0.141. The summed E-state index contributed by atoms with van der Waals surface area (Å²) in [5.41, 5.74) is -0.578. The number of hydrogen-bond donors (Lipinski definition) is 1. The first-order chi connectivity index (χ1) is 13.3. The molecule has 154 valence electrons. The molecule has 1 aromatic heterocycles. The smallest absolute Gasteiger partial charge is 0.333 e. The molecule has 0 bridgehead atoms. The maximum atomic E-state index is 12.8. The third-order valence-electron chi connectivity index (χ3n) is 4.51. The van der Waals surface area contributed by atoms with E-state index in [0.717, 1.165) is 31.3 Å². The molecule has 2 aromatic rings. The van der Waals surface area contributed by atoms with Gasteiger partial charge in [-0.15, -0.1) is 0 Å². The Labute approximate surface area is 167 Å². The summed E-state index contributed by atoms with van der Waals surface area (Å²) in [6, 6.07) is 7.83. The van der Waals surface area contributed by atoms with E-state index in [0.29, 0.717) is 18.0 Å². The molecule has 0 atom stereocenters. The second-order valence-corrected chi connectivity index (χ2v) is 6.77. The predicted octanol–water partition coefficient (Wildman–Crippen LogP) is 4.46. The van der Waals surface area contributed by atoms with Crippen molar-refractivity contribution in [3.8, 4) is 0 Å². The van der Waals surface area contributed by atoms with Gasteiger partial charge < -0.3 is 9.80 Å². The second-order valence-electron chi connectivity index (χ2n) is 6.36. The molecule has 0 spiro atoms. The van der Waals surface area contributed by atoms with Crippen LogP contribution in [-0.4, -0.2) is 52.1 Å². The number of alkyl halides is 3. The molecular formula is C19H24ClF3N4O. The average molecular weight is 417 g/mol. The molecule has 0 aliphatic rings. The Kier molecular flexibility index (Phi) is 7.88. The van der Waals surface area contributed by atoms with Gasteiger partial charge in [0, 0.05) is 24.2 Å². The average Bonchev–Trinajstić information content (AvgIpc) is 3.16. The Morgan fingerprint density at radius 1 is 1.18 bits per heavy atom. The summed E-state index contributed by atoms with van der Waals surface area (Å²) in [6.07, 6.45) is -3.89. The Bertz CT molecular complexity index is 775. The predicted molar refractivity (Wildman–Crippen MR) is 102 cm³/mol. The highest BCUT2D eigenvalue weighted by Crippen LogP contribution is 2.28. The fourth-order valence-corrected chi connectivity index (χ4v) is 3.04. The number of amides is 1. The number of benzene rings is 1. The Hall–Kier alpha value is -2.06. The zero-order valence-corrected chi connectivity index (χ0v) is 16.6. The molecule has 1 aromatic carbocycles. The van der Waals surface area contributed by atoms with E-state index in [2.05, 4.69) is 23.8 Å². The number of rotatable bonds is 9. The van der Waals surface area contributed by atoms with E-state index in [1.54, 1.807) is 24.3 Å². The Morgan fingerprint density at radius 3 is 2.43 bits per heavy atom. The van der Waals surface area contributed by atoms with E-state index in [9.17, 15) is 18.0 Å². The van der Waals surface area contributed by atoms with Crippen molar-refractivity contribution in [1.82, 2.24) is 20.0 Å². The lowest BCUT2D eigenvalue weighted by Crippen LogP contribution is -2.34. The lowest BCUT2D eigenvalue weighted by Gasteiger charge is -2.24. The summed E-state index contributed by atoms with van der Waals surface area (Å²) in [4.78, 5) is 16.5. The van der Waals surface area contributed by atoms with E-state index in [1.165, 1.54) is 4.90 Å². The van der Waals surface area contributed by atoms with Gasteiger partial charge >= 0.3 is 6.18 Å². The quantitative estimate of drug-likeness (QED) is 0.656. The molecule has 0 unspecified atom stereocenters. The standard InChI is InChI=1S/C19H24ClF3N4O/c1-3-26(4-2)10-7-11-27(13-14-8-5-6-9-15(14)20)18(28)16-12-17(25-24-16)19(21,22)23/h5-6,8-9,12H,3-4,7,10-11,13H2,1-2H3,(H,24,25). The number of aromatic amines is 1. The molecular weight excluding hydrogens is 393 g/mol. The zero-order valence-electron chi connectivity index (χ0n) is 15.9. The molecule has 0 radical (unpaired) electrons. The van der Waals surface area contributed by atoms with Gasteiger partial charge in [0.05, 0.1) is 0 Å². The summed E-state index contributed by atoms with van der Waals surface area (Å²) in [5, 5.41) is 5.96. The summed E-state index contributed by atoms with van der Waals surface area (Å²) < 4.78 is 38.4. The number of halogens is 4. The van der Waals surface area contributed by atoms with Gasteiger partial charge in [-0.05, 0) is 37.7 Å². The van der Waals surface area contributed by atoms with Crippen LogP contribution in [-0.2, 0) is 12.7 Å². The van der Waals surface area contributed by atoms with Crippen molar-refractivity contribution in [2.75, 3.05) is 26.2 Å². The minimum absolute atomic E-state index is 0.199. The third kappa shape index (κ3) is 5.97. The maximum Gasteiger partial charge on any atom is 0.432 e. The number of nitrogens with zero attached hydrogens (tertiary/aromatic N) is 3. The van der Waals surface area contributed by atoms with Gasteiger partial charge in [0.25, 0.3) is 5.91 Å². The van der Waals surface area contributed by atoms with E-state index >= 15 is 0 Å². The van der Waals surface area contributed by atoms with E-state index in [-0.39, 0.29) is 12.2 Å². The first kappa shape index (κ1) is 22.2. The van der Waals surface area contributed by atoms with E-state index in [4.69, 9.17) is 11.6 Å². The molecule has 0 saturated heterocycles. The highest BCUT2D eigenvalue weighted by molar-refractivity contribution is 6.31. The molecule has 1 heterocycles. The second kappa shape index (κ2) is 9.93. The Morgan fingerprint density at radius 2 is 1.86 bits per heavy atom. The normalized spacial score (nSPS) is 11.8. The number of carbonyl (C=O) groups excluding carboxylic acids is 1. The van der Waals surface area contributed by atoms with Crippen LogP contribution in [0.3, 0.4) is 0 Å². The van der Waals surface area contributed by atoms with Crippen LogP contribution >= 0.6 is 11.6 Å². The molecule has 28 heavy (non-hydrogen) atoms. The van der Waals surface area contributed by atoms with Gasteiger partial charge in [0.15, 0.2) is 5.69 Å². The van der Waals surface area contributed by atoms with Crippen molar-refractivity contribution in [3.63, 3.8) is 0 Å². The number of nitrogens with one attached hydrogen (secondary N) is 1. The van der Waals surface area contributed by atoms with Gasteiger partial charge in [-0.3, -0.25) is 9.89 Å².